The minimum atomic E-state index is -0.981. The summed E-state index contributed by atoms with van der Waals surface area (Å²) in [6.45, 7) is 9.77. The number of hydrogen-bond donors (Lipinski definition) is 2. The second-order valence-corrected chi connectivity index (χ2v) is 8.61. The largest absolute Gasteiger partial charge is 0.550 e. The van der Waals surface area contributed by atoms with Crippen LogP contribution >= 0.6 is 0 Å². The van der Waals surface area contributed by atoms with Crippen LogP contribution in [0.25, 0.3) is 0 Å². The number of aliphatic carboxylic acids is 1. The number of carboxylic acids is 1. The molecule has 7 nitrogen and oxygen atoms in total. The molecule has 0 aromatic rings. The maximum atomic E-state index is 12.5. The summed E-state index contributed by atoms with van der Waals surface area (Å²) < 4.78 is 5.24. The molecule has 1 atom stereocenters. The van der Waals surface area contributed by atoms with Gasteiger partial charge in [0.1, 0.15) is 11.6 Å². The van der Waals surface area contributed by atoms with Crippen molar-refractivity contribution in [2.45, 2.75) is 78.4 Å². The molecule has 0 saturated heterocycles. The van der Waals surface area contributed by atoms with Gasteiger partial charge in [0, 0.05) is 12.5 Å². The number of carbonyl (C=O) groups is 3. The summed E-state index contributed by atoms with van der Waals surface area (Å²) in [6.07, 6.45) is 2.61. The second-order valence-electron chi connectivity index (χ2n) is 8.61. The first-order valence-corrected chi connectivity index (χ1v) is 9.46. The standard InChI is InChI=1S/C19H34N2O5/c1-12(2)10-15(21-18(25)26-19(3,4)5)16(22)20-11-13-6-8-14(9-7-13)17(23)24/h12-15H,6-11H2,1-5H3,(H,20,22)(H,21,25)(H,23,24)/p-1/t13?,14?,15-/m0/s1. The van der Waals surface area contributed by atoms with Crippen molar-refractivity contribution in [1.82, 2.24) is 10.6 Å². The summed E-state index contributed by atoms with van der Waals surface area (Å²) >= 11 is 0. The third-order valence-electron chi connectivity index (χ3n) is 4.46. The fourth-order valence-electron chi connectivity index (χ4n) is 3.12. The predicted molar refractivity (Wildman–Crippen MR) is 96.1 cm³/mol. The van der Waals surface area contributed by atoms with E-state index in [9.17, 15) is 19.5 Å². The van der Waals surface area contributed by atoms with Gasteiger partial charge in [0.15, 0.2) is 0 Å². The molecule has 0 bridgehead atoms. The maximum Gasteiger partial charge on any atom is 0.408 e. The lowest BCUT2D eigenvalue weighted by atomic mass is 9.82. The molecule has 0 spiro atoms. The highest BCUT2D eigenvalue weighted by atomic mass is 16.6. The summed E-state index contributed by atoms with van der Waals surface area (Å²) in [5.41, 5.74) is -0.624. The quantitative estimate of drug-likeness (QED) is 0.709. The fourth-order valence-corrected chi connectivity index (χ4v) is 3.12. The van der Waals surface area contributed by atoms with E-state index in [2.05, 4.69) is 10.6 Å². The van der Waals surface area contributed by atoms with Gasteiger partial charge in [0.05, 0.1) is 0 Å². The van der Waals surface area contributed by atoms with Crippen molar-refractivity contribution in [2.75, 3.05) is 6.54 Å². The number of rotatable bonds is 7. The lowest BCUT2D eigenvalue weighted by Crippen LogP contribution is -2.49. The molecule has 1 saturated carbocycles. The molecular formula is C19H33N2O5-. The Kier molecular flexibility index (Phi) is 8.37. The van der Waals surface area contributed by atoms with Crippen molar-refractivity contribution in [3.8, 4) is 0 Å². The Morgan fingerprint density at radius 2 is 1.69 bits per heavy atom. The first kappa shape index (κ1) is 22.3. The maximum absolute atomic E-state index is 12.5. The molecule has 7 heteroatoms. The lowest BCUT2D eigenvalue weighted by molar-refractivity contribution is -0.312. The SMILES string of the molecule is CC(C)C[C@H](NC(=O)OC(C)(C)C)C(=O)NCC1CCC(C(=O)[O-])CC1. The number of carbonyl (C=O) groups excluding carboxylic acids is 3. The van der Waals surface area contributed by atoms with E-state index in [1.807, 2.05) is 13.8 Å². The molecule has 0 unspecified atom stereocenters. The zero-order chi connectivity index (χ0) is 19.9. The average Bonchev–Trinajstić information content (AvgIpc) is 2.50. The molecule has 26 heavy (non-hydrogen) atoms. The summed E-state index contributed by atoms with van der Waals surface area (Å²) in [7, 11) is 0. The summed E-state index contributed by atoms with van der Waals surface area (Å²) in [4.78, 5) is 35.4. The van der Waals surface area contributed by atoms with Crippen LogP contribution < -0.4 is 15.7 Å². The van der Waals surface area contributed by atoms with Crippen LogP contribution in [0.1, 0.15) is 66.7 Å². The van der Waals surface area contributed by atoms with Crippen LogP contribution in [0.15, 0.2) is 0 Å². The molecule has 1 aliphatic carbocycles. The lowest BCUT2D eigenvalue weighted by Gasteiger charge is -2.30. The van der Waals surface area contributed by atoms with Gasteiger partial charge >= 0.3 is 6.09 Å². The molecule has 150 valence electrons. The first-order valence-electron chi connectivity index (χ1n) is 9.46. The van der Waals surface area contributed by atoms with Crippen molar-refractivity contribution in [3.05, 3.63) is 0 Å². The molecule has 0 heterocycles. The topological polar surface area (TPSA) is 108 Å². The number of carboxylic acid groups (broad SMARTS) is 1. The molecule has 0 aliphatic heterocycles. The van der Waals surface area contributed by atoms with E-state index in [-0.39, 0.29) is 23.7 Å². The van der Waals surface area contributed by atoms with Crippen LogP contribution in [0.2, 0.25) is 0 Å². The van der Waals surface area contributed by atoms with Gasteiger partial charge in [-0.2, -0.15) is 0 Å². The van der Waals surface area contributed by atoms with E-state index in [0.29, 0.717) is 25.8 Å². The van der Waals surface area contributed by atoms with Gasteiger partial charge in [-0.3, -0.25) is 4.79 Å². The summed E-state index contributed by atoms with van der Waals surface area (Å²) in [6, 6.07) is -0.649. The van der Waals surface area contributed by atoms with Crippen LogP contribution in [0.3, 0.4) is 0 Å². The van der Waals surface area contributed by atoms with E-state index in [4.69, 9.17) is 4.74 Å². The van der Waals surface area contributed by atoms with Crippen molar-refractivity contribution in [2.24, 2.45) is 17.8 Å². The van der Waals surface area contributed by atoms with E-state index < -0.39 is 23.7 Å². The fraction of sp³-hybridized carbons (Fsp3) is 0.842. The first-order chi connectivity index (χ1) is 12.0. The number of hydrogen-bond acceptors (Lipinski definition) is 5. The molecule has 1 aliphatic rings. The third kappa shape index (κ3) is 8.54. The Morgan fingerprint density at radius 3 is 2.15 bits per heavy atom. The summed E-state index contributed by atoms with van der Waals surface area (Å²) in [5, 5.41) is 16.4. The van der Waals surface area contributed by atoms with Gasteiger partial charge in [0.25, 0.3) is 0 Å². The van der Waals surface area contributed by atoms with Crippen LogP contribution in [0, 0.1) is 17.8 Å². The third-order valence-corrected chi connectivity index (χ3v) is 4.46. The Balaban J connectivity index is 2.50. The van der Waals surface area contributed by atoms with E-state index in [1.165, 1.54) is 0 Å². The molecule has 2 amide bonds. The minimum Gasteiger partial charge on any atom is -0.550 e. The van der Waals surface area contributed by atoms with E-state index in [0.717, 1.165) is 12.8 Å². The highest BCUT2D eigenvalue weighted by Gasteiger charge is 2.27. The van der Waals surface area contributed by atoms with Crippen LogP contribution in [0.5, 0.6) is 0 Å². The average molecular weight is 369 g/mol. The van der Waals surface area contributed by atoms with Crippen molar-refractivity contribution in [3.63, 3.8) is 0 Å². The van der Waals surface area contributed by atoms with E-state index in [1.54, 1.807) is 20.8 Å². The smallest absolute Gasteiger partial charge is 0.408 e. The Morgan fingerprint density at radius 1 is 1.12 bits per heavy atom. The molecule has 0 radical (unpaired) electrons. The Bertz CT molecular complexity index is 491. The van der Waals surface area contributed by atoms with Gasteiger partial charge in [-0.15, -0.1) is 0 Å². The van der Waals surface area contributed by atoms with Crippen molar-refractivity contribution >= 4 is 18.0 Å². The Labute approximate surface area is 156 Å². The normalized spacial score (nSPS) is 21.8. The van der Waals surface area contributed by atoms with Crippen LogP contribution in [0.4, 0.5) is 4.79 Å². The van der Waals surface area contributed by atoms with Crippen molar-refractivity contribution < 1.29 is 24.2 Å². The molecular weight excluding hydrogens is 336 g/mol. The van der Waals surface area contributed by atoms with E-state index >= 15 is 0 Å². The van der Waals surface area contributed by atoms with Crippen LogP contribution in [-0.4, -0.2) is 36.2 Å². The van der Waals surface area contributed by atoms with Crippen LogP contribution in [-0.2, 0) is 14.3 Å². The van der Waals surface area contributed by atoms with Gasteiger partial charge < -0.3 is 25.3 Å². The predicted octanol–water partition coefficient (Wildman–Crippen LogP) is 1.60. The molecule has 1 rings (SSSR count). The molecule has 0 aromatic heterocycles. The summed E-state index contributed by atoms with van der Waals surface area (Å²) in [5.74, 6) is -1.09. The van der Waals surface area contributed by atoms with Gasteiger partial charge in [-0.25, -0.2) is 4.79 Å². The molecule has 1 fully saturated rings. The van der Waals surface area contributed by atoms with Gasteiger partial charge in [-0.1, -0.05) is 13.8 Å². The zero-order valence-corrected chi connectivity index (χ0v) is 16.6. The van der Waals surface area contributed by atoms with Crippen molar-refractivity contribution in [1.29, 1.82) is 0 Å². The number of alkyl carbamates (subject to hydrolysis) is 1. The Hall–Kier alpha value is -1.79. The number of amides is 2. The van der Waals surface area contributed by atoms with Gasteiger partial charge in [0.2, 0.25) is 5.91 Å². The number of nitrogens with one attached hydrogen (secondary N) is 2. The second kappa shape index (κ2) is 9.78. The highest BCUT2D eigenvalue weighted by molar-refractivity contribution is 5.85. The molecule has 0 aromatic carbocycles. The monoisotopic (exact) mass is 369 g/mol. The van der Waals surface area contributed by atoms with Gasteiger partial charge in [-0.05, 0) is 70.6 Å². The number of ether oxygens (including phenoxy) is 1. The zero-order valence-electron chi connectivity index (χ0n) is 16.6. The highest BCUT2D eigenvalue weighted by Crippen LogP contribution is 2.28. The minimum absolute atomic E-state index is 0.230. The molecule has 2 N–H and O–H groups in total.